The summed E-state index contributed by atoms with van der Waals surface area (Å²) in [5.41, 5.74) is 1.55. The van der Waals surface area contributed by atoms with Gasteiger partial charge in [-0.25, -0.2) is 0 Å². The molecule has 1 unspecified atom stereocenters. The van der Waals surface area contributed by atoms with Crippen molar-refractivity contribution in [2.75, 3.05) is 18.5 Å². The Morgan fingerprint density at radius 3 is 1.31 bits per heavy atom. The molecule has 0 spiro atoms. The van der Waals surface area contributed by atoms with Crippen molar-refractivity contribution in [1.82, 2.24) is 0 Å². The van der Waals surface area contributed by atoms with Crippen LogP contribution in [0.4, 0.5) is 0 Å². The van der Waals surface area contributed by atoms with Crippen molar-refractivity contribution in [1.29, 1.82) is 0 Å². The van der Waals surface area contributed by atoms with Crippen LogP contribution in [0.15, 0.2) is 42.7 Å². The van der Waals surface area contributed by atoms with Gasteiger partial charge in [-0.15, -0.1) is 0 Å². The first-order valence-corrected chi connectivity index (χ1v) is 20.2. The van der Waals surface area contributed by atoms with E-state index >= 15 is 0 Å². The molecule has 35 heavy (non-hydrogen) atoms. The lowest BCUT2D eigenvalue weighted by molar-refractivity contribution is 0.617. The molecule has 0 amide bonds. The van der Waals surface area contributed by atoms with Gasteiger partial charge in [-0.2, -0.15) is 0 Å². The van der Waals surface area contributed by atoms with E-state index in [1.807, 2.05) is 0 Å². The number of benzene rings is 1. The molecule has 0 saturated heterocycles. The molecule has 0 nitrogen and oxygen atoms in total. The van der Waals surface area contributed by atoms with Gasteiger partial charge in [-0.1, -0.05) is 135 Å². The predicted molar refractivity (Wildman–Crippen MR) is 169 cm³/mol. The van der Waals surface area contributed by atoms with Crippen molar-refractivity contribution in [3.8, 4) is 0 Å². The first-order chi connectivity index (χ1) is 17.2. The summed E-state index contributed by atoms with van der Waals surface area (Å²) in [7, 11) is -0.0902. The molecule has 1 aromatic rings. The van der Waals surface area contributed by atoms with E-state index in [9.17, 15) is 0 Å². The summed E-state index contributed by atoms with van der Waals surface area (Å²) in [4.78, 5) is 0. The maximum atomic E-state index is 4.49. The normalized spacial score (nSPS) is 12.7. The van der Waals surface area contributed by atoms with E-state index in [0.717, 1.165) is 0 Å². The number of hydrogen-bond acceptors (Lipinski definition) is 0. The largest absolute Gasteiger partial charge is 0.0951 e. The monoisotopic (exact) mass is 519 g/mol. The molecular weight excluding hydrogens is 458 g/mol. The zero-order chi connectivity index (χ0) is 25.5. The van der Waals surface area contributed by atoms with Gasteiger partial charge in [0.15, 0.2) is 0 Å². The van der Waals surface area contributed by atoms with Crippen molar-refractivity contribution >= 4 is 14.6 Å². The molecule has 0 radical (unpaired) electrons. The quantitative estimate of drug-likeness (QED) is 0.0890. The Morgan fingerprint density at radius 1 is 0.571 bits per heavy atom. The average Bonchev–Trinajstić information content (AvgIpc) is 2.89. The molecule has 0 bridgehead atoms. The minimum absolute atomic E-state index is 0.0902. The molecule has 0 aliphatic rings. The van der Waals surface area contributed by atoms with E-state index in [2.05, 4.69) is 63.5 Å². The van der Waals surface area contributed by atoms with Crippen molar-refractivity contribution in [3.63, 3.8) is 0 Å². The third-order valence-electron chi connectivity index (χ3n) is 7.73. The van der Waals surface area contributed by atoms with Crippen LogP contribution in [0.5, 0.6) is 0 Å². The second-order valence-electron chi connectivity index (χ2n) is 10.8. The third kappa shape index (κ3) is 15.6. The molecule has 0 saturated carbocycles. The summed E-state index contributed by atoms with van der Waals surface area (Å²) >= 11 is 0. The van der Waals surface area contributed by atoms with Crippen LogP contribution in [-0.2, 0) is 6.16 Å². The molecule has 1 rings (SSSR count). The molecule has 0 aliphatic carbocycles. The zero-order valence-electron chi connectivity index (χ0n) is 24.1. The molecule has 202 valence electrons. The first kappa shape index (κ1) is 32.8. The van der Waals surface area contributed by atoms with Crippen LogP contribution in [-0.4, -0.2) is 18.5 Å². The van der Waals surface area contributed by atoms with Gasteiger partial charge < -0.3 is 0 Å². The first-order valence-electron chi connectivity index (χ1n) is 15.5. The fourth-order valence-corrected chi connectivity index (χ4v) is 16.7. The predicted octanol–water partition coefficient (Wildman–Crippen LogP) is 12.8. The Morgan fingerprint density at radius 2 is 0.943 bits per heavy atom. The Bertz CT molecular complexity index is 541. The van der Waals surface area contributed by atoms with E-state index in [1.165, 1.54) is 122 Å². The highest BCUT2D eigenvalue weighted by molar-refractivity contribution is 8.39. The second kappa shape index (κ2) is 23.0. The summed E-state index contributed by atoms with van der Waals surface area (Å²) in [5.74, 6) is 2.47. The lowest BCUT2D eigenvalue weighted by Crippen LogP contribution is -2.09. The summed E-state index contributed by atoms with van der Waals surface area (Å²) in [5, 5.41) is 0. The smallest absolute Gasteiger partial charge is 0.0833 e. The van der Waals surface area contributed by atoms with Crippen LogP contribution in [0.3, 0.4) is 0 Å². The second-order valence-corrected chi connectivity index (χ2v) is 20.0. The summed E-state index contributed by atoms with van der Waals surface area (Å²) < 4.78 is 0. The van der Waals surface area contributed by atoms with Gasteiger partial charge in [0.25, 0.3) is 0 Å². The average molecular weight is 520 g/mol. The fourth-order valence-electron chi connectivity index (χ4n) is 5.44. The van der Waals surface area contributed by atoms with Crippen LogP contribution in [0.1, 0.15) is 142 Å². The molecule has 0 fully saturated rings. The highest BCUT2D eigenvalue weighted by Gasteiger charge is 2.43. The maximum Gasteiger partial charge on any atom is 0.0833 e. The highest BCUT2D eigenvalue weighted by Crippen LogP contribution is 2.86. The minimum Gasteiger partial charge on any atom is -0.0951 e. The Labute approximate surface area is 223 Å². The molecule has 0 heterocycles. The zero-order valence-corrected chi connectivity index (χ0v) is 25.9. The SMILES string of the molecule is C=CP(Cc1ccccc1)[P+](CCCCCCCC)(CCCCCCCC)CCCCCCCC. The number of hydrogen-bond donors (Lipinski definition) is 0. The number of unbranched alkanes of at least 4 members (excludes halogenated alkanes) is 15. The summed E-state index contributed by atoms with van der Waals surface area (Å²) in [6.45, 7) is 10.5. The Hall–Kier alpha value is -0.180. The standard InChI is InChI=1S/C33H61P2/c1-5-9-12-15-18-24-29-35(30-25-19-16-13-10-6-2,31-26-20-17-14-11-7-3)34(8-4)32-33-27-22-21-23-28-33/h8,21-23,27-28H,4-7,9-20,24-26,29-32H2,1-3H3/q+1. The van der Waals surface area contributed by atoms with Crippen molar-refractivity contribution in [2.45, 2.75) is 143 Å². The van der Waals surface area contributed by atoms with Crippen LogP contribution in [0, 0.1) is 0 Å². The van der Waals surface area contributed by atoms with Gasteiger partial charge in [0.05, 0.1) is 26.1 Å². The van der Waals surface area contributed by atoms with Crippen LogP contribution in [0.2, 0.25) is 0 Å². The van der Waals surface area contributed by atoms with Crippen molar-refractivity contribution in [3.05, 3.63) is 48.3 Å². The maximum absolute atomic E-state index is 4.49. The highest BCUT2D eigenvalue weighted by atomic mass is 32.1. The Kier molecular flexibility index (Phi) is 21.6. The minimum atomic E-state index is -0.992. The lowest BCUT2D eigenvalue weighted by Gasteiger charge is -2.34. The number of rotatable bonds is 25. The molecule has 2 heteroatoms. The molecule has 0 N–H and O–H groups in total. The van der Waals surface area contributed by atoms with Gasteiger partial charge >= 0.3 is 0 Å². The van der Waals surface area contributed by atoms with Gasteiger partial charge in [0.2, 0.25) is 0 Å². The van der Waals surface area contributed by atoms with E-state index in [-0.39, 0.29) is 7.61 Å². The van der Waals surface area contributed by atoms with E-state index in [4.69, 9.17) is 0 Å². The van der Waals surface area contributed by atoms with Gasteiger partial charge in [0.1, 0.15) is 0 Å². The van der Waals surface area contributed by atoms with Crippen LogP contribution in [0.25, 0.3) is 0 Å². The van der Waals surface area contributed by atoms with Gasteiger partial charge in [-0.3, -0.25) is 0 Å². The van der Waals surface area contributed by atoms with Crippen molar-refractivity contribution in [2.24, 2.45) is 0 Å². The third-order valence-corrected chi connectivity index (χ3v) is 19.4. The van der Waals surface area contributed by atoms with E-state index < -0.39 is 6.95 Å². The molecule has 0 aliphatic heterocycles. The fraction of sp³-hybridized carbons (Fsp3) is 0.758. The van der Waals surface area contributed by atoms with Gasteiger partial charge in [0, 0.05) is 13.1 Å². The van der Waals surface area contributed by atoms with E-state index in [0.29, 0.717) is 0 Å². The van der Waals surface area contributed by atoms with E-state index in [1.54, 1.807) is 24.0 Å². The summed E-state index contributed by atoms with van der Waals surface area (Å²) in [6, 6.07) is 11.4. The molecule has 1 atom stereocenters. The summed E-state index contributed by atoms with van der Waals surface area (Å²) in [6.07, 6.45) is 31.7. The molecular formula is C33H61P2+. The van der Waals surface area contributed by atoms with Gasteiger partial charge in [-0.05, 0) is 49.9 Å². The lowest BCUT2D eigenvalue weighted by atomic mass is 10.1. The van der Waals surface area contributed by atoms with Crippen LogP contribution >= 0.6 is 14.6 Å². The van der Waals surface area contributed by atoms with Crippen molar-refractivity contribution < 1.29 is 0 Å². The Balaban J connectivity index is 2.91. The molecule has 0 aromatic heterocycles. The topological polar surface area (TPSA) is 0 Å². The molecule has 1 aromatic carbocycles. The van der Waals surface area contributed by atoms with Crippen LogP contribution < -0.4 is 0 Å².